The van der Waals surface area contributed by atoms with E-state index in [0.29, 0.717) is 0 Å². The Morgan fingerprint density at radius 2 is 1.48 bits per heavy atom. The van der Waals surface area contributed by atoms with Crippen LogP contribution in [0.1, 0.15) is 42.6 Å². The minimum Gasteiger partial charge on any atom is -0.304 e. The van der Waals surface area contributed by atoms with Crippen LogP contribution in [0.4, 0.5) is 13.2 Å². The summed E-state index contributed by atoms with van der Waals surface area (Å²) in [6.07, 6.45) is 0. The van der Waals surface area contributed by atoms with Gasteiger partial charge in [0.25, 0.3) is 0 Å². The molecular formula is C17H18F3N. The fourth-order valence-electron chi connectivity index (χ4n) is 2.31. The Morgan fingerprint density at radius 3 is 2.10 bits per heavy atom. The molecular weight excluding hydrogens is 275 g/mol. The van der Waals surface area contributed by atoms with Crippen molar-refractivity contribution >= 4 is 0 Å². The van der Waals surface area contributed by atoms with E-state index in [0.717, 1.165) is 5.56 Å². The minimum atomic E-state index is -0.430. The Labute approximate surface area is 122 Å². The van der Waals surface area contributed by atoms with E-state index in [4.69, 9.17) is 0 Å². The molecule has 2 aromatic rings. The highest BCUT2D eigenvalue weighted by Crippen LogP contribution is 2.24. The normalized spacial score (nSPS) is 14.0. The molecule has 0 aromatic heterocycles. The van der Waals surface area contributed by atoms with E-state index in [2.05, 4.69) is 5.32 Å². The lowest BCUT2D eigenvalue weighted by atomic mass is 10.0. The molecule has 1 nitrogen and oxygen atoms in total. The van der Waals surface area contributed by atoms with E-state index < -0.39 is 11.6 Å². The monoisotopic (exact) mass is 293 g/mol. The molecule has 2 aromatic carbocycles. The van der Waals surface area contributed by atoms with Crippen molar-refractivity contribution in [2.24, 2.45) is 0 Å². The molecule has 0 saturated heterocycles. The molecule has 1 N–H and O–H groups in total. The van der Waals surface area contributed by atoms with Crippen molar-refractivity contribution in [2.75, 3.05) is 0 Å². The lowest BCUT2D eigenvalue weighted by Crippen LogP contribution is -2.23. The van der Waals surface area contributed by atoms with Gasteiger partial charge in [-0.05, 0) is 56.2 Å². The molecule has 2 unspecified atom stereocenters. The van der Waals surface area contributed by atoms with Crippen LogP contribution in [0.15, 0.2) is 36.4 Å². The van der Waals surface area contributed by atoms with Gasteiger partial charge in [-0.2, -0.15) is 0 Å². The third-order valence-corrected chi connectivity index (χ3v) is 3.61. The second kappa shape index (κ2) is 6.31. The van der Waals surface area contributed by atoms with Crippen LogP contribution in [-0.4, -0.2) is 0 Å². The summed E-state index contributed by atoms with van der Waals surface area (Å²) in [5.41, 5.74) is 1.46. The van der Waals surface area contributed by atoms with Gasteiger partial charge < -0.3 is 5.32 Å². The van der Waals surface area contributed by atoms with Crippen molar-refractivity contribution in [3.05, 3.63) is 70.5 Å². The first-order valence-corrected chi connectivity index (χ1v) is 6.85. The zero-order valence-corrected chi connectivity index (χ0v) is 12.3. The maximum atomic E-state index is 13.9. The van der Waals surface area contributed by atoms with Crippen LogP contribution in [-0.2, 0) is 0 Å². The summed E-state index contributed by atoms with van der Waals surface area (Å²) in [6, 6.07) is 8.06. The molecule has 0 heterocycles. The first-order chi connectivity index (χ1) is 9.88. The topological polar surface area (TPSA) is 12.0 Å². The highest BCUT2D eigenvalue weighted by atomic mass is 19.1. The quantitative estimate of drug-likeness (QED) is 0.852. The summed E-state index contributed by atoms with van der Waals surface area (Å²) in [7, 11) is 0. The van der Waals surface area contributed by atoms with Gasteiger partial charge in [-0.1, -0.05) is 12.1 Å². The molecule has 0 fully saturated rings. The number of rotatable bonds is 4. The fraction of sp³-hybridized carbons (Fsp3) is 0.294. The van der Waals surface area contributed by atoms with Crippen molar-refractivity contribution in [1.82, 2.24) is 5.32 Å². The summed E-state index contributed by atoms with van der Waals surface area (Å²) >= 11 is 0. The number of aryl methyl sites for hydroxylation is 1. The molecule has 0 amide bonds. The third-order valence-electron chi connectivity index (χ3n) is 3.61. The average molecular weight is 293 g/mol. The Balaban J connectivity index is 2.15. The molecule has 0 radical (unpaired) electrons. The summed E-state index contributed by atoms with van der Waals surface area (Å²) in [5.74, 6) is -1.15. The molecule has 21 heavy (non-hydrogen) atoms. The Bertz CT molecular complexity index is 623. The zero-order chi connectivity index (χ0) is 15.6. The maximum absolute atomic E-state index is 13.9. The minimum absolute atomic E-state index is 0.107. The Hall–Kier alpha value is -1.81. The van der Waals surface area contributed by atoms with E-state index >= 15 is 0 Å². The van der Waals surface area contributed by atoms with E-state index in [1.807, 2.05) is 6.92 Å². The Morgan fingerprint density at radius 1 is 0.857 bits per heavy atom. The van der Waals surface area contributed by atoms with Gasteiger partial charge in [0.05, 0.1) is 0 Å². The van der Waals surface area contributed by atoms with Crippen LogP contribution in [0.25, 0.3) is 0 Å². The zero-order valence-electron chi connectivity index (χ0n) is 12.3. The summed E-state index contributed by atoms with van der Waals surface area (Å²) in [5, 5.41) is 3.19. The lowest BCUT2D eigenvalue weighted by Gasteiger charge is -2.21. The molecule has 4 heteroatoms. The van der Waals surface area contributed by atoms with Crippen molar-refractivity contribution in [3.8, 4) is 0 Å². The van der Waals surface area contributed by atoms with Gasteiger partial charge in [0.15, 0.2) is 0 Å². The number of nitrogens with one attached hydrogen (secondary N) is 1. The lowest BCUT2D eigenvalue weighted by molar-refractivity contribution is 0.468. The van der Waals surface area contributed by atoms with E-state index in [-0.39, 0.29) is 29.0 Å². The molecule has 0 bridgehead atoms. The number of halogens is 3. The van der Waals surface area contributed by atoms with Gasteiger partial charge in [0.1, 0.15) is 17.5 Å². The van der Waals surface area contributed by atoms with Crippen molar-refractivity contribution in [2.45, 2.75) is 32.9 Å². The molecule has 0 saturated carbocycles. The highest BCUT2D eigenvalue weighted by Gasteiger charge is 2.16. The van der Waals surface area contributed by atoms with Crippen LogP contribution in [0, 0.1) is 24.4 Å². The van der Waals surface area contributed by atoms with E-state index in [9.17, 15) is 13.2 Å². The fourth-order valence-corrected chi connectivity index (χ4v) is 2.31. The summed E-state index contributed by atoms with van der Waals surface area (Å²) in [6.45, 7) is 5.20. The molecule has 0 spiro atoms. The Kier molecular flexibility index (Phi) is 4.68. The first kappa shape index (κ1) is 15.6. The maximum Gasteiger partial charge on any atom is 0.128 e. The molecule has 112 valence electrons. The van der Waals surface area contributed by atoms with Gasteiger partial charge >= 0.3 is 0 Å². The van der Waals surface area contributed by atoms with Gasteiger partial charge in [-0.25, -0.2) is 13.2 Å². The summed E-state index contributed by atoms with van der Waals surface area (Å²) < 4.78 is 40.4. The second-order valence-corrected chi connectivity index (χ2v) is 5.28. The third kappa shape index (κ3) is 3.64. The van der Waals surface area contributed by atoms with Crippen molar-refractivity contribution in [3.63, 3.8) is 0 Å². The second-order valence-electron chi connectivity index (χ2n) is 5.28. The van der Waals surface area contributed by atoms with Gasteiger partial charge in [0, 0.05) is 17.6 Å². The molecule has 0 aliphatic carbocycles. The SMILES string of the molecule is Cc1cc(F)c(C(C)NC(C)c2ccc(F)cc2)cc1F. The number of benzene rings is 2. The van der Waals surface area contributed by atoms with Gasteiger partial charge in [-0.3, -0.25) is 0 Å². The molecule has 2 atom stereocenters. The van der Waals surface area contributed by atoms with Crippen molar-refractivity contribution < 1.29 is 13.2 Å². The van der Waals surface area contributed by atoms with Crippen LogP contribution in [0.2, 0.25) is 0 Å². The van der Waals surface area contributed by atoms with Crippen LogP contribution in [0.5, 0.6) is 0 Å². The van der Waals surface area contributed by atoms with E-state index in [1.54, 1.807) is 19.1 Å². The van der Waals surface area contributed by atoms with Crippen LogP contribution < -0.4 is 5.32 Å². The smallest absolute Gasteiger partial charge is 0.128 e. The van der Waals surface area contributed by atoms with Gasteiger partial charge in [0.2, 0.25) is 0 Å². The molecule has 0 aliphatic heterocycles. The van der Waals surface area contributed by atoms with E-state index in [1.165, 1.54) is 31.2 Å². The highest BCUT2D eigenvalue weighted by molar-refractivity contribution is 5.28. The largest absolute Gasteiger partial charge is 0.304 e. The molecule has 2 rings (SSSR count). The van der Waals surface area contributed by atoms with Crippen LogP contribution in [0.3, 0.4) is 0 Å². The molecule has 0 aliphatic rings. The average Bonchev–Trinajstić information content (AvgIpc) is 2.43. The predicted molar refractivity (Wildman–Crippen MR) is 77.5 cm³/mol. The number of hydrogen-bond donors (Lipinski definition) is 1. The van der Waals surface area contributed by atoms with Crippen molar-refractivity contribution in [1.29, 1.82) is 0 Å². The standard InChI is InChI=1S/C17H18F3N/c1-10-8-17(20)15(9-16(10)19)12(3)21-11(2)13-4-6-14(18)7-5-13/h4-9,11-12,21H,1-3H3. The van der Waals surface area contributed by atoms with Crippen LogP contribution >= 0.6 is 0 Å². The first-order valence-electron chi connectivity index (χ1n) is 6.85. The number of hydrogen-bond acceptors (Lipinski definition) is 1. The van der Waals surface area contributed by atoms with Gasteiger partial charge in [-0.15, -0.1) is 0 Å². The predicted octanol–water partition coefficient (Wildman–Crippen LogP) is 4.82. The summed E-state index contributed by atoms with van der Waals surface area (Å²) in [4.78, 5) is 0.